The number of nitrogens with zero attached hydrogens (tertiary/aromatic N) is 5. The van der Waals surface area contributed by atoms with Crippen molar-refractivity contribution in [3.05, 3.63) is 35.3 Å². The number of nitrogens with one attached hydrogen (secondary N) is 1. The molecule has 1 saturated carbocycles. The number of thiophene rings is 1. The van der Waals surface area contributed by atoms with Crippen molar-refractivity contribution in [3.63, 3.8) is 0 Å². The van der Waals surface area contributed by atoms with E-state index in [0.29, 0.717) is 30.1 Å². The van der Waals surface area contributed by atoms with Crippen LogP contribution in [-0.4, -0.2) is 96.7 Å². The quantitative estimate of drug-likeness (QED) is 0.324. The van der Waals surface area contributed by atoms with Gasteiger partial charge in [0.05, 0.1) is 28.3 Å². The van der Waals surface area contributed by atoms with Crippen molar-refractivity contribution >= 4 is 48.4 Å². The van der Waals surface area contributed by atoms with E-state index in [1.54, 1.807) is 17.5 Å². The molecule has 0 unspecified atom stereocenters. The van der Waals surface area contributed by atoms with Crippen molar-refractivity contribution in [2.75, 3.05) is 63.9 Å². The van der Waals surface area contributed by atoms with Crippen molar-refractivity contribution in [2.45, 2.75) is 24.3 Å². The van der Waals surface area contributed by atoms with Crippen molar-refractivity contribution in [3.8, 4) is 11.4 Å². The second-order valence-electron chi connectivity index (χ2n) is 10.8. The molecule has 4 aromatic rings. The highest BCUT2D eigenvalue weighted by molar-refractivity contribution is 7.85. The lowest BCUT2D eigenvalue weighted by molar-refractivity contribution is 0.122. The fourth-order valence-electron chi connectivity index (χ4n) is 5.64. The summed E-state index contributed by atoms with van der Waals surface area (Å²) in [6.45, 7) is 9.25. The van der Waals surface area contributed by atoms with Crippen LogP contribution in [0.5, 0.6) is 0 Å². The highest BCUT2D eigenvalue weighted by Crippen LogP contribution is 2.37. The van der Waals surface area contributed by atoms with E-state index in [1.165, 1.54) is 36.4 Å². The number of anilines is 1. The molecule has 12 heteroatoms. The van der Waals surface area contributed by atoms with Crippen molar-refractivity contribution in [1.82, 2.24) is 24.8 Å². The predicted molar refractivity (Wildman–Crippen MR) is 152 cm³/mol. The Kier molecular flexibility index (Phi) is 6.57. The van der Waals surface area contributed by atoms with E-state index < -0.39 is 10.1 Å². The minimum Gasteiger partial charge on any atom is -0.378 e. The molecule has 0 atom stereocenters. The van der Waals surface area contributed by atoms with Crippen molar-refractivity contribution in [1.29, 1.82) is 0 Å². The van der Waals surface area contributed by atoms with Crippen LogP contribution in [0, 0.1) is 5.92 Å². The second kappa shape index (κ2) is 10.1. The molecule has 1 aromatic carbocycles. The summed E-state index contributed by atoms with van der Waals surface area (Å²) in [6.07, 6.45) is 4.54. The molecular weight excluding hydrogens is 536 g/mol. The first kappa shape index (κ1) is 25.4. The number of fused-ring (bicyclic) bond motifs is 2. The van der Waals surface area contributed by atoms with Gasteiger partial charge < -0.3 is 19.5 Å². The summed E-state index contributed by atoms with van der Waals surface area (Å²) in [7, 11) is -4.40. The van der Waals surface area contributed by atoms with Crippen LogP contribution in [0.1, 0.15) is 17.7 Å². The van der Waals surface area contributed by atoms with E-state index in [-0.39, 0.29) is 4.90 Å². The molecule has 10 nitrogen and oxygen atoms in total. The molecule has 0 radical (unpaired) electrons. The minimum absolute atomic E-state index is 0.184. The standard InChI is InChI=1S/C27H32N6O4S2/c34-39(35,36)20-14-22(21-3-4-28-23(21)15-20)26-29-24-13-19(17-32-7-5-31(6-8-32)16-18-1-2-18)38-25(24)27(30-26)33-9-11-37-12-10-33/h3-4,13-15,18,28H,1-2,5-12,16-17H2,(H,34,35,36). The van der Waals surface area contributed by atoms with Crippen LogP contribution >= 0.6 is 11.3 Å². The number of piperazine rings is 1. The molecule has 206 valence electrons. The van der Waals surface area contributed by atoms with Gasteiger partial charge in [0.25, 0.3) is 10.1 Å². The summed E-state index contributed by atoms with van der Waals surface area (Å²) in [4.78, 5) is 21.4. The predicted octanol–water partition coefficient (Wildman–Crippen LogP) is 3.45. The Bertz CT molecular complexity index is 1620. The summed E-state index contributed by atoms with van der Waals surface area (Å²) in [5.41, 5.74) is 2.02. The molecule has 0 amide bonds. The lowest BCUT2D eigenvalue weighted by Crippen LogP contribution is -2.46. The van der Waals surface area contributed by atoms with Crippen molar-refractivity contribution in [2.24, 2.45) is 5.92 Å². The lowest BCUT2D eigenvalue weighted by atomic mass is 10.1. The number of benzene rings is 1. The van der Waals surface area contributed by atoms with E-state index >= 15 is 0 Å². The Balaban J connectivity index is 1.25. The van der Waals surface area contributed by atoms with Gasteiger partial charge >= 0.3 is 0 Å². The van der Waals surface area contributed by atoms with Gasteiger partial charge in [0.1, 0.15) is 0 Å². The normalized spacial score (nSPS) is 19.9. The summed E-state index contributed by atoms with van der Waals surface area (Å²) in [5, 5.41) is 0.800. The fraction of sp³-hybridized carbons (Fsp3) is 0.481. The van der Waals surface area contributed by atoms with Crippen LogP contribution in [0.3, 0.4) is 0 Å². The van der Waals surface area contributed by atoms with Gasteiger partial charge in [-0.25, -0.2) is 9.97 Å². The maximum atomic E-state index is 12.0. The Hall–Kier alpha value is -2.61. The van der Waals surface area contributed by atoms with E-state index in [1.807, 2.05) is 6.07 Å². The number of hydrogen-bond donors (Lipinski definition) is 2. The minimum atomic E-state index is -4.40. The lowest BCUT2D eigenvalue weighted by Gasteiger charge is -2.34. The second-order valence-corrected chi connectivity index (χ2v) is 13.4. The van der Waals surface area contributed by atoms with Crippen LogP contribution in [0.2, 0.25) is 0 Å². The number of rotatable bonds is 7. The van der Waals surface area contributed by atoms with Gasteiger partial charge in [-0.3, -0.25) is 9.45 Å². The average molecular weight is 569 g/mol. The van der Waals surface area contributed by atoms with Gasteiger partial charge in [-0.2, -0.15) is 8.42 Å². The van der Waals surface area contributed by atoms with Crippen LogP contribution < -0.4 is 4.90 Å². The maximum absolute atomic E-state index is 12.0. The zero-order valence-electron chi connectivity index (χ0n) is 21.7. The number of morpholine rings is 1. The van der Waals surface area contributed by atoms with Gasteiger partial charge in [-0.1, -0.05) is 0 Å². The number of aromatic nitrogens is 3. The summed E-state index contributed by atoms with van der Waals surface area (Å²) in [6, 6.07) is 6.93. The summed E-state index contributed by atoms with van der Waals surface area (Å²) >= 11 is 1.74. The third-order valence-corrected chi connectivity index (χ3v) is 9.89. The maximum Gasteiger partial charge on any atom is 0.294 e. The molecule has 2 N–H and O–H groups in total. The largest absolute Gasteiger partial charge is 0.378 e. The average Bonchev–Trinajstić information content (AvgIpc) is 3.45. The third-order valence-electron chi connectivity index (χ3n) is 7.95. The fourth-order valence-corrected chi connectivity index (χ4v) is 7.33. The molecule has 5 heterocycles. The molecule has 3 fully saturated rings. The van der Waals surface area contributed by atoms with Gasteiger partial charge in [0.2, 0.25) is 0 Å². The molecule has 2 aliphatic heterocycles. The van der Waals surface area contributed by atoms with Gasteiger partial charge in [-0.05, 0) is 43.0 Å². The number of ether oxygens (including phenoxy) is 1. The molecule has 3 aromatic heterocycles. The summed E-state index contributed by atoms with van der Waals surface area (Å²) < 4.78 is 40.5. The highest BCUT2D eigenvalue weighted by atomic mass is 32.2. The molecule has 39 heavy (non-hydrogen) atoms. The van der Waals surface area contributed by atoms with E-state index in [0.717, 1.165) is 73.2 Å². The first-order chi connectivity index (χ1) is 18.9. The molecular formula is C27H32N6O4S2. The first-order valence-electron chi connectivity index (χ1n) is 13.6. The molecule has 0 bridgehead atoms. The molecule has 3 aliphatic rings. The Morgan fingerprint density at radius 3 is 2.54 bits per heavy atom. The SMILES string of the molecule is O=S(=O)(O)c1cc(-c2nc(N3CCOCC3)c3sc(CN4CCN(CC5CC5)CC4)cc3n2)c2cc[nH]c2c1. The van der Waals surface area contributed by atoms with Crippen LogP contribution in [-0.2, 0) is 21.4 Å². The molecule has 0 spiro atoms. The number of H-pyrrole nitrogens is 1. The van der Waals surface area contributed by atoms with Gasteiger partial charge in [0.15, 0.2) is 11.6 Å². The Labute approximate surface area is 231 Å². The smallest absolute Gasteiger partial charge is 0.294 e. The first-order valence-corrected chi connectivity index (χ1v) is 15.8. The third kappa shape index (κ3) is 5.29. The van der Waals surface area contributed by atoms with Gasteiger partial charge in [0, 0.05) is 79.9 Å². The van der Waals surface area contributed by atoms with Crippen LogP contribution in [0.25, 0.3) is 32.5 Å². The van der Waals surface area contributed by atoms with E-state index in [4.69, 9.17) is 14.7 Å². The zero-order chi connectivity index (χ0) is 26.6. The Morgan fingerprint density at radius 1 is 1.03 bits per heavy atom. The van der Waals surface area contributed by atoms with Gasteiger partial charge in [-0.15, -0.1) is 11.3 Å². The number of aromatic amines is 1. The molecule has 1 aliphatic carbocycles. The van der Waals surface area contributed by atoms with Crippen molar-refractivity contribution < 1.29 is 17.7 Å². The monoisotopic (exact) mass is 568 g/mol. The Morgan fingerprint density at radius 2 is 1.79 bits per heavy atom. The molecule has 7 rings (SSSR count). The highest BCUT2D eigenvalue weighted by Gasteiger charge is 2.27. The van der Waals surface area contributed by atoms with Crippen LogP contribution in [0.4, 0.5) is 5.82 Å². The summed E-state index contributed by atoms with van der Waals surface area (Å²) in [5.74, 6) is 2.22. The van der Waals surface area contributed by atoms with E-state index in [9.17, 15) is 13.0 Å². The zero-order valence-corrected chi connectivity index (χ0v) is 23.3. The van der Waals surface area contributed by atoms with Crippen LogP contribution in [0.15, 0.2) is 35.4 Å². The van der Waals surface area contributed by atoms with E-state index in [2.05, 4.69) is 25.8 Å². The molecule has 2 saturated heterocycles. The topological polar surface area (TPSA) is 115 Å². The number of hydrogen-bond acceptors (Lipinski definition) is 9.